The van der Waals surface area contributed by atoms with Gasteiger partial charge >= 0.3 is 0 Å². The van der Waals surface area contributed by atoms with E-state index in [4.69, 9.17) is 5.84 Å². The molecule has 0 spiro atoms. The second-order valence-electron chi connectivity index (χ2n) is 2.42. The van der Waals surface area contributed by atoms with E-state index in [0.717, 1.165) is 6.42 Å². The standard InChI is InChI=1S/C7H15N3O2.C2H6/c1-2-3-6(11)9-5-4-7(12)10-8;1-2/h2-5,8H2,1H3,(H,9,11)(H,10,12);1-2H3. The van der Waals surface area contributed by atoms with Crippen molar-refractivity contribution in [3.8, 4) is 0 Å². The molecule has 0 aliphatic heterocycles. The number of carbonyl (C=O) groups is 2. The highest BCUT2D eigenvalue weighted by atomic mass is 16.2. The SMILES string of the molecule is CC.CCCC(=O)NCCC(=O)NN. The van der Waals surface area contributed by atoms with Gasteiger partial charge < -0.3 is 5.32 Å². The Balaban J connectivity index is 0. The van der Waals surface area contributed by atoms with Crippen LogP contribution in [0.15, 0.2) is 0 Å². The Labute approximate surface area is 85.4 Å². The fourth-order valence-electron chi connectivity index (χ4n) is 0.703. The number of hydrogen-bond acceptors (Lipinski definition) is 3. The van der Waals surface area contributed by atoms with Crippen LogP contribution in [-0.2, 0) is 9.59 Å². The van der Waals surface area contributed by atoms with Crippen LogP contribution in [-0.4, -0.2) is 18.4 Å². The molecule has 0 unspecified atom stereocenters. The van der Waals surface area contributed by atoms with Crippen molar-refractivity contribution in [2.24, 2.45) is 5.84 Å². The molecule has 0 saturated carbocycles. The predicted molar refractivity (Wildman–Crippen MR) is 56.2 cm³/mol. The molecule has 0 fully saturated rings. The summed E-state index contributed by atoms with van der Waals surface area (Å²) in [7, 11) is 0. The van der Waals surface area contributed by atoms with Crippen LogP contribution in [0.2, 0.25) is 0 Å². The van der Waals surface area contributed by atoms with Crippen molar-refractivity contribution < 1.29 is 9.59 Å². The van der Waals surface area contributed by atoms with Crippen molar-refractivity contribution >= 4 is 11.8 Å². The number of hydrazine groups is 1. The maximum Gasteiger partial charge on any atom is 0.235 e. The molecule has 0 aliphatic carbocycles. The number of rotatable bonds is 5. The molecule has 5 heteroatoms. The van der Waals surface area contributed by atoms with Gasteiger partial charge in [0.2, 0.25) is 11.8 Å². The first-order chi connectivity index (χ1) is 6.70. The third-order valence-electron chi connectivity index (χ3n) is 1.31. The van der Waals surface area contributed by atoms with Crippen LogP contribution in [0.5, 0.6) is 0 Å². The molecule has 0 aliphatic rings. The summed E-state index contributed by atoms with van der Waals surface area (Å²) in [4.78, 5) is 21.4. The van der Waals surface area contributed by atoms with Gasteiger partial charge in [-0.3, -0.25) is 15.0 Å². The summed E-state index contributed by atoms with van der Waals surface area (Å²) in [6.45, 7) is 6.27. The molecule has 0 aromatic heterocycles. The van der Waals surface area contributed by atoms with Crippen LogP contribution in [0.3, 0.4) is 0 Å². The molecule has 0 saturated heterocycles. The van der Waals surface area contributed by atoms with Crippen molar-refractivity contribution in [1.82, 2.24) is 10.7 Å². The average Bonchev–Trinajstić information content (AvgIpc) is 2.21. The number of nitrogens with one attached hydrogen (secondary N) is 2. The molecular weight excluding hydrogens is 182 g/mol. The molecule has 0 bridgehead atoms. The van der Waals surface area contributed by atoms with Gasteiger partial charge in [-0.25, -0.2) is 5.84 Å². The lowest BCUT2D eigenvalue weighted by atomic mass is 10.3. The highest BCUT2D eigenvalue weighted by Crippen LogP contribution is 1.85. The summed E-state index contributed by atoms with van der Waals surface area (Å²) >= 11 is 0. The van der Waals surface area contributed by atoms with Gasteiger partial charge in [0.1, 0.15) is 0 Å². The maximum atomic E-state index is 10.8. The second kappa shape index (κ2) is 11.9. The lowest BCUT2D eigenvalue weighted by Crippen LogP contribution is -2.34. The van der Waals surface area contributed by atoms with Gasteiger partial charge in [-0.2, -0.15) is 0 Å². The van der Waals surface area contributed by atoms with Gasteiger partial charge in [-0.05, 0) is 6.42 Å². The zero-order valence-corrected chi connectivity index (χ0v) is 9.22. The zero-order valence-electron chi connectivity index (χ0n) is 9.22. The third kappa shape index (κ3) is 10.9. The van der Waals surface area contributed by atoms with E-state index in [1.54, 1.807) is 0 Å². The zero-order chi connectivity index (χ0) is 11.4. The van der Waals surface area contributed by atoms with Gasteiger partial charge in [-0.1, -0.05) is 20.8 Å². The van der Waals surface area contributed by atoms with Crippen molar-refractivity contribution in [2.45, 2.75) is 40.0 Å². The smallest absolute Gasteiger partial charge is 0.235 e. The Morgan fingerprint density at radius 2 is 1.71 bits per heavy atom. The van der Waals surface area contributed by atoms with E-state index in [1.165, 1.54) is 0 Å². The molecule has 2 amide bonds. The fraction of sp³-hybridized carbons (Fsp3) is 0.778. The molecule has 0 aromatic rings. The van der Waals surface area contributed by atoms with Gasteiger partial charge in [-0.15, -0.1) is 0 Å². The molecular formula is C9H21N3O2. The summed E-state index contributed by atoms with van der Waals surface area (Å²) in [5.74, 6) is 4.54. The van der Waals surface area contributed by atoms with Gasteiger partial charge in [0.15, 0.2) is 0 Å². The Morgan fingerprint density at radius 3 is 2.14 bits per heavy atom. The van der Waals surface area contributed by atoms with E-state index in [1.807, 2.05) is 26.2 Å². The van der Waals surface area contributed by atoms with Crippen LogP contribution in [0.1, 0.15) is 40.0 Å². The van der Waals surface area contributed by atoms with Crippen molar-refractivity contribution in [1.29, 1.82) is 0 Å². The normalized spacial score (nSPS) is 8.29. The summed E-state index contributed by atoms with van der Waals surface area (Å²) in [6, 6.07) is 0. The number of hydrogen-bond donors (Lipinski definition) is 3. The number of carbonyl (C=O) groups excluding carboxylic acids is 2. The van der Waals surface area contributed by atoms with E-state index in [9.17, 15) is 9.59 Å². The molecule has 14 heavy (non-hydrogen) atoms. The minimum Gasteiger partial charge on any atom is -0.356 e. The Morgan fingerprint density at radius 1 is 1.14 bits per heavy atom. The second-order valence-corrected chi connectivity index (χ2v) is 2.42. The molecule has 0 rings (SSSR count). The van der Waals surface area contributed by atoms with Gasteiger partial charge in [0.05, 0.1) is 0 Å². The van der Waals surface area contributed by atoms with Crippen LogP contribution in [0.4, 0.5) is 0 Å². The van der Waals surface area contributed by atoms with Crippen molar-refractivity contribution in [2.75, 3.05) is 6.54 Å². The first-order valence-corrected chi connectivity index (χ1v) is 4.96. The lowest BCUT2D eigenvalue weighted by Gasteiger charge is -2.02. The number of amides is 2. The summed E-state index contributed by atoms with van der Waals surface area (Å²) in [5, 5.41) is 2.59. The average molecular weight is 203 g/mol. The highest BCUT2D eigenvalue weighted by molar-refractivity contribution is 5.78. The third-order valence-corrected chi connectivity index (χ3v) is 1.31. The molecule has 0 aromatic carbocycles. The topological polar surface area (TPSA) is 84.2 Å². The quantitative estimate of drug-likeness (QED) is 0.341. The predicted octanol–water partition coefficient (Wildman–Crippen LogP) is 0.309. The summed E-state index contributed by atoms with van der Waals surface area (Å²) in [5.41, 5.74) is 1.98. The lowest BCUT2D eigenvalue weighted by molar-refractivity contribution is -0.122. The highest BCUT2D eigenvalue weighted by Gasteiger charge is 2.00. The Kier molecular flexibility index (Phi) is 13.1. The van der Waals surface area contributed by atoms with Crippen LogP contribution >= 0.6 is 0 Å². The maximum absolute atomic E-state index is 10.8. The largest absolute Gasteiger partial charge is 0.356 e. The molecule has 84 valence electrons. The van der Waals surface area contributed by atoms with E-state index in [2.05, 4.69) is 5.32 Å². The first-order valence-electron chi connectivity index (χ1n) is 4.96. The van der Waals surface area contributed by atoms with E-state index >= 15 is 0 Å². The van der Waals surface area contributed by atoms with Crippen molar-refractivity contribution in [3.05, 3.63) is 0 Å². The Hall–Kier alpha value is -1.10. The minimum absolute atomic E-state index is 0.0256. The molecule has 0 radical (unpaired) electrons. The van der Waals surface area contributed by atoms with Gasteiger partial charge in [0, 0.05) is 19.4 Å². The van der Waals surface area contributed by atoms with E-state index < -0.39 is 0 Å². The van der Waals surface area contributed by atoms with E-state index in [-0.39, 0.29) is 18.2 Å². The van der Waals surface area contributed by atoms with Crippen LogP contribution < -0.4 is 16.6 Å². The Bertz CT molecular complexity index is 160. The minimum atomic E-state index is -0.271. The fourth-order valence-corrected chi connectivity index (χ4v) is 0.703. The van der Waals surface area contributed by atoms with Gasteiger partial charge in [0.25, 0.3) is 0 Å². The first kappa shape index (κ1) is 15.4. The molecule has 4 N–H and O–H groups in total. The van der Waals surface area contributed by atoms with Crippen LogP contribution in [0, 0.1) is 0 Å². The van der Waals surface area contributed by atoms with Crippen molar-refractivity contribution in [3.63, 3.8) is 0 Å². The van der Waals surface area contributed by atoms with E-state index in [0.29, 0.717) is 13.0 Å². The van der Waals surface area contributed by atoms with Crippen LogP contribution in [0.25, 0.3) is 0 Å². The number of nitrogens with two attached hydrogens (primary N) is 1. The monoisotopic (exact) mass is 203 g/mol. The summed E-state index contributed by atoms with van der Waals surface area (Å²) in [6.07, 6.45) is 1.55. The molecule has 5 nitrogen and oxygen atoms in total. The summed E-state index contributed by atoms with van der Waals surface area (Å²) < 4.78 is 0. The molecule has 0 atom stereocenters. The molecule has 0 heterocycles.